The van der Waals surface area contributed by atoms with E-state index in [1.807, 2.05) is 6.07 Å². The van der Waals surface area contributed by atoms with Crippen LogP contribution in [0, 0.1) is 0 Å². The van der Waals surface area contributed by atoms with Gasteiger partial charge < -0.3 is 15.2 Å². The van der Waals surface area contributed by atoms with Gasteiger partial charge in [-0.15, -0.1) is 11.3 Å². The molecule has 18 heavy (non-hydrogen) atoms. The van der Waals surface area contributed by atoms with Gasteiger partial charge in [-0.3, -0.25) is 0 Å². The second kappa shape index (κ2) is 9.56. The molecule has 1 aromatic heterocycles. The summed E-state index contributed by atoms with van der Waals surface area (Å²) in [6, 6.07) is 1.95. The first kappa shape index (κ1) is 17.6. The lowest BCUT2D eigenvalue weighted by Crippen LogP contribution is -2.26. The molecule has 1 heterocycles. The molecule has 5 heteroatoms. The largest absolute Gasteiger partial charge is 0.499 e. The van der Waals surface area contributed by atoms with Crippen molar-refractivity contribution >= 4 is 23.2 Å². The van der Waals surface area contributed by atoms with E-state index in [-0.39, 0.29) is 0 Å². The first-order chi connectivity index (χ1) is 8.56. The minimum absolute atomic E-state index is 0.459. The molecule has 0 aliphatic carbocycles. The zero-order chi connectivity index (χ0) is 14.1. The minimum atomic E-state index is -1.32. The Kier molecular flexibility index (Phi) is 9.37. The van der Waals surface area contributed by atoms with Crippen LogP contribution in [0.2, 0.25) is 0 Å². The van der Waals surface area contributed by atoms with E-state index in [9.17, 15) is 10.0 Å². The van der Waals surface area contributed by atoms with Crippen LogP contribution in [0.5, 0.6) is 0 Å². The summed E-state index contributed by atoms with van der Waals surface area (Å²) in [4.78, 5) is 1.33. The predicted molar refractivity (Wildman–Crippen MR) is 79.6 cm³/mol. The van der Waals surface area contributed by atoms with Crippen LogP contribution in [-0.2, 0) is 6.42 Å². The van der Waals surface area contributed by atoms with Gasteiger partial charge in [0.2, 0.25) is 0 Å². The molecule has 0 aliphatic rings. The van der Waals surface area contributed by atoms with Gasteiger partial charge in [-0.2, -0.15) is 0 Å². The van der Waals surface area contributed by atoms with Crippen molar-refractivity contribution in [2.45, 2.75) is 52.4 Å². The van der Waals surface area contributed by atoms with Crippen molar-refractivity contribution < 1.29 is 15.2 Å². The summed E-state index contributed by atoms with van der Waals surface area (Å²) in [5, 5.41) is 25.4. The van der Waals surface area contributed by atoms with Crippen molar-refractivity contribution in [1.29, 1.82) is 0 Å². The van der Waals surface area contributed by atoms with Gasteiger partial charge >= 0.3 is 7.12 Å². The van der Waals surface area contributed by atoms with Crippen LogP contribution in [0.15, 0.2) is 6.07 Å². The highest BCUT2D eigenvalue weighted by atomic mass is 32.1. The number of aliphatic hydroxyl groups excluding tert-OH is 1. The number of rotatable bonds is 6. The van der Waals surface area contributed by atoms with E-state index >= 15 is 0 Å². The van der Waals surface area contributed by atoms with E-state index in [4.69, 9.17) is 5.11 Å². The first-order valence-corrected chi connectivity index (χ1v) is 7.31. The highest BCUT2D eigenvalue weighted by molar-refractivity contribution is 7.22. The molecule has 1 aromatic rings. The Hall–Kier alpha value is -0.355. The fourth-order valence-electron chi connectivity index (χ4n) is 1.81. The van der Waals surface area contributed by atoms with Gasteiger partial charge in [-0.1, -0.05) is 33.6 Å². The monoisotopic (exact) mass is 272 g/mol. The SMILES string of the molecule is CCCCCc1sc(B(O)O)cc1C(C)C.CO. The van der Waals surface area contributed by atoms with Gasteiger partial charge in [-0.25, -0.2) is 0 Å². The molecule has 0 saturated heterocycles. The van der Waals surface area contributed by atoms with Crippen molar-refractivity contribution in [1.82, 2.24) is 0 Å². The third-order valence-electron chi connectivity index (χ3n) is 2.74. The maximum atomic E-state index is 9.18. The summed E-state index contributed by atoms with van der Waals surface area (Å²) < 4.78 is 0.676. The molecule has 0 aliphatic heterocycles. The molecule has 3 N–H and O–H groups in total. The van der Waals surface area contributed by atoms with Crippen molar-refractivity contribution in [3.05, 3.63) is 16.5 Å². The Morgan fingerprint density at radius 2 is 1.83 bits per heavy atom. The fourth-order valence-corrected chi connectivity index (χ4v) is 3.05. The van der Waals surface area contributed by atoms with Gasteiger partial charge in [-0.05, 0) is 30.4 Å². The highest BCUT2D eigenvalue weighted by Gasteiger charge is 2.19. The zero-order valence-corrected chi connectivity index (χ0v) is 12.6. The van der Waals surface area contributed by atoms with Gasteiger partial charge in [0.05, 0.1) is 0 Å². The number of aryl methyl sites for hydroxylation is 1. The molecule has 0 atom stereocenters. The molecule has 3 nitrogen and oxygen atoms in total. The van der Waals surface area contributed by atoms with Gasteiger partial charge in [0.15, 0.2) is 0 Å². The number of unbranched alkanes of at least 4 members (excludes halogenated alkanes) is 2. The average Bonchev–Trinajstić information content (AvgIpc) is 2.76. The maximum Gasteiger partial charge on any atom is 0.499 e. The van der Waals surface area contributed by atoms with E-state index in [1.54, 1.807) is 11.3 Å². The number of hydrogen-bond donors (Lipinski definition) is 3. The molecular weight excluding hydrogens is 247 g/mol. The Morgan fingerprint density at radius 1 is 1.22 bits per heavy atom. The lowest BCUT2D eigenvalue weighted by Gasteiger charge is -2.06. The van der Waals surface area contributed by atoms with Crippen LogP contribution < -0.4 is 4.78 Å². The van der Waals surface area contributed by atoms with E-state index in [0.717, 1.165) is 13.5 Å². The quantitative estimate of drug-likeness (QED) is 0.547. The fraction of sp³-hybridized carbons (Fsp3) is 0.692. The van der Waals surface area contributed by atoms with Gasteiger partial charge in [0.1, 0.15) is 0 Å². The molecular formula is C13H25BO3S. The summed E-state index contributed by atoms with van der Waals surface area (Å²) in [5.74, 6) is 0.459. The van der Waals surface area contributed by atoms with Crippen LogP contribution in [-0.4, -0.2) is 29.4 Å². The van der Waals surface area contributed by atoms with Crippen LogP contribution in [0.3, 0.4) is 0 Å². The minimum Gasteiger partial charge on any atom is -0.423 e. The van der Waals surface area contributed by atoms with Crippen molar-refractivity contribution in [3.8, 4) is 0 Å². The number of hydrogen-bond acceptors (Lipinski definition) is 4. The van der Waals surface area contributed by atoms with Crippen LogP contribution >= 0.6 is 11.3 Å². The molecule has 0 aromatic carbocycles. The van der Waals surface area contributed by atoms with Crippen LogP contribution in [0.1, 0.15) is 56.4 Å². The molecule has 0 spiro atoms. The summed E-state index contributed by atoms with van der Waals surface area (Å²) in [6.07, 6.45) is 4.72. The summed E-state index contributed by atoms with van der Waals surface area (Å²) in [5.41, 5.74) is 1.28. The molecule has 0 fully saturated rings. The third-order valence-corrected chi connectivity index (χ3v) is 4.00. The second-order valence-electron chi connectivity index (χ2n) is 4.51. The lowest BCUT2D eigenvalue weighted by atomic mass is 9.87. The Labute approximate surface area is 115 Å². The predicted octanol–water partition coefficient (Wildman–Crippen LogP) is 1.89. The van der Waals surface area contributed by atoms with E-state index in [2.05, 4.69) is 20.8 Å². The molecule has 0 radical (unpaired) electrons. The van der Waals surface area contributed by atoms with Gasteiger partial charge in [0.25, 0.3) is 0 Å². The molecule has 0 unspecified atom stereocenters. The summed E-state index contributed by atoms with van der Waals surface area (Å²) in [6.45, 7) is 6.50. The average molecular weight is 272 g/mol. The highest BCUT2D eigenvalue weighted by Crippen LogP contribution is 2.25. The van der Waals surface area contributed by atoms with Crippen molar-refractivity contribution in [2.24, 2.45) is 0 Å². The number of aliphatic hydroxyl groups is 1. The standard InChI is InChI=1S/C12H21BO2S.CH4O/c1-4-5-6-7-11-10(9(2)3)8-12(16-11)13(14)15;1-2/h8-9,14-15H,4-7H2,1-3H3;2H,1H3. The van der Waals surface area contributed by atoms with Crippen LogP contribution in [0.4, 0.5) is 0 Å². The lowest BCUT2D eigenvalue weighted by molar-refractivity contribution is 0.399. The van der Waals surface area contributed by atoms with E-state index in [0.29, 0.717) is 10.7 Å². The second-order valence-corrected chi connectivity index (χ2v) is 5.68. The smallest absolute Gasteiger partial charge is 0.423 e. The van der Waals surface area contributed by atoms with Crippen molar-refractivity contribution in [2.75, 3.05) is 7.11 Å². The summed E-state index contributed by atoms with van der Waals surface area (Å²) in [7, 11) is -0.317. The number of thiophene rings is 1. The Morgan fingerprint density at radius 3 is 2.28 bits per heavy atom. The zero-order valence-electron chi connectivity index (χ0n) is 11.8. The summed E-state index contributed by atoms with van der Waals surface area (Å²) >= 11 is 1.55. The first-order valence-electron chi connectivity index (χ1n) is 6.49. The van der Waals surface area contributed by atoms with E-state index < -0.39 is 7.12 Å². The van der Waals surface area contributed by atoms with Crippen molar-refractivity contribution in [3.63, 3.8) is 0 Å². The molecule has 1 rings (SSSR count). The normalized spacial score (nSPS) is 10.2. The molecule has 0 amide bonds. The van der Waals surface area contributed by atoms with Crippen LogP contribution in [0.25, 0.3) is 0 Å². The third kappa shape index (κ3) is 5.52. The maximum absolute atomic E-state index is 9.18. The van der Waals surface area contributed by atoms with E-state index in [1.165, 1.54) is 29.7 Å². The Bertz CT molecular complexity index is 324. The Balaban J connectivity index is 0.00000137. The molecule has 104 valence electrons. The molecule has 0 bridgehead atoms. The van der Waals surface area contributed by atoms with Gasteiger partial charge in [0, 0.05) is 16.8 Å². The topological polar surface area (TPSA) is 60.7 Å². The molecule has 0 saturated carbocycles.